The monoisotopic (exact) mass is 403 g/mol. The maximum atomic E-state index is 12.5. The molecule has 1 aromatic heterocycles. The standard InChI is InChI=1S/C23H25N5O2/c24-19-6-1-2-7-20(19)28-23(30)15-8-10-17(11-9-15)27-22-13-21(25-14-26-22)16-4-3-5-18(29)12-16/h3-5,8-14,19-20,29H,1-2,6-7,24H2,(H,28,30)(H,25,26,27)/t19-,20-/m1/s1. The predicted molar refractivity (Wildman–Crippen MR) is 117 cm³/mol. The number of rotatable bonds is 5. The molecule has 30 heavy (non-hydrogen) atoms. The number of hydrogen-bond acceptors (Lipinski definition) is 6. The minimum atomic E-state index is -0.0999. The number of nitrogens with one attached hydrogen (secondary N) is 2. The van der Waals surface area contributed by atoms with E-state index in [-0.39, 0.29) is 23.7 Å². The van der Waals surface area contributed by atoms with Gasteiger partial charge in [0.25, 0.3) is 5.91 Å². The van der Waals surface area contributed by atoms with Crippen LogP contribution in [0, 0.1) is 0 Å². The Morgan fingerprint density at radius 3 is 2.60 bits per heavy atom. The van der Waals surface area contributed by atoms with E-state index in [2.05, 4.69) is 20.6 Å². The summed E-state index contributed by atoms with van der Waals surface area (Å²) in [6.07, 6.45) is 5.59. The number of nitrogens with zero attached hydrogens (tertiary/aromatic N) is 2. The summed E-state index contributed by atoms with van der Waals surface area (Å²) in [5, 5.41) is 15.9. The lowest BCUT2D eigenvalue weighted by Crippen LogP contribution is -2.49. The van der Waals surface area contributed by atoms with Gasteiger partial charge < -0.3 is 21.5 Å². The van der Waals surface area contributed by atoms with Crippen molar-refractivity contribution in [1.29, 1.82) is 0 Å². The van der Waals surface area contributed by atoms with E-state index in [4.69, 9.17) is 5.73 Å². The molecule has 4 rings (SSSR count). The molecule has 0 aliphatic heterocycles. The lowest BCUT2D eigenvalue weighted by molar-refractivity contribution is 0.0921. The molecule has 154 valence electrons. The van der Waals surface area contributed by atoms with Gasteiger partial charge in [-0.15, -0.1) is 0 Å². The Morgan fingerprint density at radius 2 is 1.83 bits per heavy atom. The van der Waals surface area contributed by atoms with E-state index in [0.717, 1.165) is 36.9 Å². The highest BCUT2D eigenvalue weighted by atomic mass is 16.3. The first-order valence-corrected chi connectivity index (χ1v) is 10.1. The summed E-state index contributed by atoms with van der Waals surface area (Å²) < 4.78 is 0. The molecule has 5 N–H and O–H groups in total. The molecule has 2 aromatic carbocycles. The van der Waals surface area contributed by atoms with Gasteiger partial charge in [0.2, 0.25) is 0 Å². The Hall–Kier alpha value is -3.45. The van der Waals surface area contributed by atoms with Crippen molar-refractivity contribution in [1.82, 2.24) is 15.3 Å². The van der Waals surface area contributed by atoms with Gasteiger partial charge in [-0.25, -0.2) is 9.97 Å². The van der Waals surface area contributed by atoms with Crippen LogP contribution in [-0.2, 0) is 0 Å². The molecular weight excluding hydrogens is 378 g/mol. The molecule has 1 aliphatic carbocycles. The van der Waals surface area contributed by atoms with E-state index in [1.54, 1.807) is 36.4 Å². The summed E-state index contributed by atoms with van der Waals surface area (Å²) in [7, 11) is 0. The summed E-state index contributed by atoms with van der Waals surface area (Å²) >= 11 is 0. The number of anilines is 2. The highest BCUT2D eigenvalue weighted by molar-refractivity contribution is 5.94. The van der Waals surface area contributed by atoms with E-state index >= 15 is 0 Å². The fourth-order valence-corrected chi connectivity index (χ4v) is 3.69. The summed E-state index contributed by atoms with van der Waals surface area (Å²) in [4.78, 5) is 21.0. The van der Waals surface area contributed by atoms with Crippen LogP contribution in [0.5, 0.6) is 5.75 Å². The lowest BCUT2D eigenvalue weighted by Gasteiger charge is -2.29. The molecule has 2 atom stereocenters. The third kappa shape index (κ3) is 4.75. The maximum Gasteiger partial charge on any atom is 0.251 e. The number of aromatic hydroxyl groups is 1. The second-order valence-corrected chi connectivity index (χ2v) is 7.57. The highest BCUT2D eigenvalue weighted by Gasteiger charge is 2.23. The third-order valence-corrected chi connectivity index (χ3v) is 5.36. The van der Waals surface area contributed by atoms with Gasteiger partial charge in [0.15, 0.2) is 0 Å². The molecule has 1 fully saturated rings. The zero-order valence-electron chi connectivity index (χ0n) is 16.6. The molecule has 7 nitrogen and oxygen atoms in total. The molecule has 1 amide bonds. The average Bonchev–Trinajstić information content (AvgIpc) is 2.76. The van der Waals surface area contributed by atoms with Gasteiger partial charge in [0.05, 0.1) is 5.69 Å². The van der Waals surface area contributed by atoms with Crippen molar-refractivity contribution in [3.8, 4) is 17.0 Å². The third-order valence-electron chi connectivity index (χ3n) is 5.36. The van der Waals surface area contributed by atoms with Crippen LogP contribution in [0.25, 0.3) is 11.3 Å². The van der Waals surface area contributed by atoms with Crippen molar-refractivity contribution in [2.75, 3.05) is 5.32 Å². The summed E-state index contributed by atoms with van der Waals surface area (Å²) in [6.45, 7) is 0. The highest BCUT2D eigenvalue weighted by Crippen LogP contribution is 2.24. The van der Waals surface area contributed by atoms with Gasteiger partial charge in [-0.05, 0) is 49.2 Å². The molecule has 1 heterocycles. The van der Waals surface area contributed by atoms with Gasteiger partial charge >= 0.3 is 0 Å². The van der Waals surface area contributed by atoms with Crippen molar-refractivity contribution in [2.24, 2.45) is 5.73 Å². The zero-order chi connectivity index (χ0) is 20.9. The first-order valence-electron chi connectivity index (χ1n) is 10.1. The first-order chi connectivity index (χ1) is 14.6. The molecule has 1 aliphatic rings. The summed E-state index contributed by atoms with van der Waals surface area (Å²) in [5.74, 6) is 0.703. The van der Waals surface area contributed by atoms with Crippen molar-refractivity contribution in [3.05, 3.63) is 66.5 Å². The van der Waals surface area contributed by atoms with E-state index in [1.165, 1.54) is 6.33 Å². The number of carbonyl (C=O) groups is 1. The number of nitrogens with two attached hydrogens (primary N) is 1. The predicted octanol–water partition coefficient (Wildman–Crippen LogP) is 3.59. The second kappa shape index (κ2) is 8.92. The average molecular weight is 403 g/mol. The zero-order valence-corrected chi connectivity index (χ0v) is 16.6. The van der Waals surface area contributed by atoms with Gasteiger partial charge in [0.1, 0.15) is 17.9 Å². The normalized spacial score (nSPS) is 18.6. The Kier molecular flexibility index (Phi) is 5.90. The quantitative estimate of drug-likeness (QED) is 0.518. The Balaban J connectivity index is 1.42. The molecule has 0 unspecified atom stereocenters. The number of amides is 1. The number of benzene rings is 2. The first kappa shape index (κ1) is 19.8. The van der Waals surface area contributed by atoms with Crippen LogP contribution in [0.1, 0.15) is 36.0 Å². The van der Waals surface area contributed by atoms with E-state index < -0.39 is 0 Å². The van der Waals surface area contributed by atoms with E-state index in [9.17, 15) is 9.90 Å². The lowest BCUT2D eigenvalue weighted by atomic mass is 9.91. The number of aromatic nitrogens is 2. The van der Waals surface area contributed by atoms with E-state index in [0.29, 0.717) is 17.1 Å². The van der Waals surface area contributed by atoms with Gasteiger partial charge in [-0.1, -0.05) is 25.0 Å². The molecule has 0 saturated heterocycles. The summed E-state index contributed by atoms with van der Waals surface area (Å²) in [6, 6.07) is 16.0. The fourth-order valence-electron chi connectivity index (χ4n) is 3.69. The van der Waals surface area contributed by atoms with Crippen LogP contribution < -0.4 is 16.4 Å². The molecule has 0 spiro atoms. The van der Waals surface area contributed by atoms with Crippen LogP contribution >= 0.6 is 0 Å². The molecule has 3 aromatic rings. The SMILES string of the molecule is N[C@@H]1CCCC[C@H]1NC(=O)c1ccc(Nc2cc(-c3cccc(O)c3)ncn2)cc1. The van der Waals surface area contributed by atoms with E-state index in [1.807, 2.05) is 18.2 Å². The molecular formula is C23H25N5O2. The van der Waals surface area contributed by atoms with Crippen LogP contribution in [-0.4, -0.2) is 33.1 Å². The van der Waals surface area contributed by atoms with Crippen LogP contribution in [0.15, 0.2) is 60.9 Å². The molecule has 0 bridgehead atoms. The molecule has 0 radical (unpaired) electrons. The molecule has 7 heteroatoms. The topological polar surface area (TPSA) is 113 Å². The second-order valence-electron chi connectivity index (χ2n) is 7.57. The van der Waals surface area contributed by atoms with Crippen molar-refractivity contribution < 1.29 is 9.90 Å². The Labute approximate surface area is 175 Å². The number of carbonyl (C=O) groups excluding carboxylic acids is 1. The fraction of sp³-hybridized carbons (Fsp3) is 0.261. The van der Waals surface area contributed by atoms with Gasteiger partial charge in [0, 0.05) is 35.0 Å². The number of hydrogen-bond donors (Lipinski definition) is 4. The van der Waals surface area contributed by atoms with Crippen molar-refractivity contribution in [2.45, 2.75) is 37.8 Å². The minimum Gasteiger partial charge on any atom is -0.508 e. The van der Waals surface area contributed by atoms with Crippen LogP contribution in [0.3, 0.4) is 0 Å². The molecule has 1 saturated carbocycles. The summed E-state index contributed by atoms with van der Waals surface area (Å²) in [5.41, 5.74) is 9.03. The maximum absolute atomic E-state index is 12.5. The van der Waals surface area contributed by atoms with Gasteiger partial charge in [-0.2, -0.15) is 0 Å². The minimum absolute atomic E-state index is 0.0297. The van der Waals surface area contributed by atoms with Crippen LogP contribution in [0.4, 0.5) is 11.5 Å². The smallest absolute Gasteiger partial charge is 0.251 e. The Bertz CT molecular complexity index is 1020. The van der Waals surface area contributed by atoms with Crippen molar-refractivity contribution >= 4 is 17.4 Å². The Morgan fingerprint density at radius 1 is 1.03 bits per heavy atom. The van der Waals surface area contributed by atoms with Crippen molar-refractivity contribution in [3.63, 3.8) is 0 Å². The van der Waals surface area contributed by atoms with Gasteiger partial charge in [-0.3, -0.25) is 4.79 Å². The van der Waals surface area contributed by atoms with Crippen LogP contribution in [0.2, 0.25) is 0 Å². The largest absolute Gasteiger partial charge is 0.508 e. The number of phenolic OH excluding ortho intramolecular Hbond substituents is 1. The number of phenols is 1.